The maximum Gasteiger partial charge on any atom is 0.272 e. The van der Waals surface area contributed by atoms with Crippen molar-refractivity contribution >= 4 is 5.91 Å². The lowest BCUT2D eigenvalue weighted by Crippen LogP contribution is -2.41. The van der Waals surface area contributed by atoms with E-state index in [1.807, 2.05) is 12.1 Å². The van der Waals surface area contributed by atoms with Crippen LogP contribution in [0.2, 0.25) is 0 Å². The molecule has 2 N–H and O–H groups in total. The number of rotatable bonds is 4. The van der Waals surface area contributed by atoms with Crippen molar-refractivity contribution in [3.63, 3.8) is 0 Å². The minimum absolute atomic E-state index is 0.0293. The number of amides is 1. The molecular formula is C18H22N4O2. The predicted molar refractivity (Wildman–Crippen MR) is 88.7 cm³/mol. The number of aryl methyl sites for hydroxylation is 1. The van der Waals surface area contributed by atoms with Crippen molar-refractivity contribution < 1.29 is 9.53 Å². The molecule has 6 nitrogen and oxygen atoms in total. The average Bonchev–Trinajstić information content (AvgIpc) is 3.23. The number of hydrogen-bond acceptors (Lipinski definition) is 4. The zero-order valence-electron chi connectivity index (χ0n) is 13.6. The molecule has 1 saturated heterocycles. The highest BCUT2D eigenvalue weighted by Gasteiger charge is 2.31. The highest BCUT2D eigenvalue weighted by molar-refractivity contribution is 5.94. The largest absolute Gasteiger partial charge is 0.379 e. The summed E-state index contributed by atoms with van der Waals surface area (Å²) in [5.41, 5.74) is 4.02. The first-order chi connectivity index (χ1) is 11.8. The van der Waals surface area contributed by atoms with Crippen molar-refractivity contribution in [1.29, 1.82) is 0 Å². The van der Waals surface area contributed by atoms with E-state index < -0.39 is 0 Å². The third-order valence-electron chi connectivity index (χ3n) is 5.03. The monoisotopic (exact) mass is 326 g/mol. The summed E-state index contributed by atoms with van der Waals surface area (Å²) in [6.07, 6.45) is 8.71. The second-order valence-electron chi connectivity index (χ2n) is 6.67. The number of aromatic amines is 1. The molecule has 0 aromatic carbocycles. The minimum Gasteiger partial charge on any atom is -0.379 e. The van der Waals surface area contributed by atoms with Crippen molar-refractivity contribution in [3.05, 3.63) is 47.0 Å². The van der Waals surface area contributed by atoms with Crippen LogP contribution in [0.15, 0.2) is 24.5 Å². The molecule has 0 saturated carbocycles. The van der Waals surface area contributed by atoms with Gasteiger partial charge in [0.15, 0.2) is 5.69 Å². The van der Waals surface area contributed by atoms with Crippen LogP contribution < -0.4 is 5.32 Å². The molecule has 0 unspecified atom stereocenters. The van der Waals surface area contributed by atoms with Gasteiger partial charge in [0.1, 0.15) is 0 Å². The fraction of sp³-hybridized carbons (Fsp3) is 0.500. The van der Waals surface area contributed by atoms with Gasteiger partial charge in [-0.3, -0.25) is 14.9 Å². The summed E-state index contributed by atoms with van der Waals surface area (Å²) in [6.45, 7) is 1.24. The van der Waals surface area contributed by atoms with E-state index in [2.05, 4.69) is 20.5 Å². The van der Waals surface area contributed by atoms with Gasteiger partial charge >= 0.3 is 0 Å². The summed E-state index contributed by atoms with van der Waals surface area (Å²) >= 11 is 0. The molecule has 2 aromatic heterocycles. The number of carbonyl (C=O) groups excluding carboxylic acids is 1. The fourth-order valence-electron chi connectivity index (χ4n) is 3.69. The van der Waals surface area contributed by atoms with E-state index >= 15 is 0 Å². The average molecular weight is 326 g/mol. The summed E-state index contributed by atoms with van der Waals surface area (Å²) in [5, 5.41) is 10.4. The van der Waals surface area contributed by atoms with Crippen LogP contribution in [0.5, 0.6) is 0 Å². The van der Waals surface area contributed by atoms with Crippen LogP contribution in [0.3, 0.4) is 0 Å². The van der Waals surface area contributed by atoms with Crippen LogP contribution in [0.25, 0.3) is 0 Å². The van der Waals surface area contributed by atoms with E-state index in [1.165, 1.54) is 12.0 Å². The van der Waals surface area contributed by atoms with E-state index in [1.54, 1.807) is 12.4 Å². The number of nitrogens with one attached hydrogen (secondary N) is 2. The Morgan fingerprint density at radius 1 is 1.25 bits per heavy atom. The lowest BCUT2D eigenvalue weighted by molar-refractivity contribution is 0.0919. The van der Waals surface area contributed by atoms with Gasteiger partial charge in [-0.15, -0.1) is 0 Å². The van der Waals surface area contributed by atoms with Gasteiger partial charge in [0, 0.05) is 29.6 Å². The fourth-order valence-corrected chi connectivity index (χ4v) is 3.69. The topological polar surface area (TPSA) is 79.9 Å². The smallest absolute Gasteiger partial charge is 0.272 e. The Bertz CT molecular complexity index is 713. The molecule has 1 fully saturated rings. The first-order valence-electron chi connectivity index (χ1n) is 8.65. The van der Waals surface area contributed by atoms with Crippen molar-refractivity contribution in [2.45, 2.75) is 38.1 Å². The van der Waals surface area contributed by atoms with Crippen LogP contribution in [0.1, 0.15) is 40.2 Å². The summed E-state index contributed by atoms with van der Waals surface area (Å²) < 4.78 is 5.61. The first kappa shape index (κ1) is 15.3. The molecule has 2 aliphatic rings. The van der Waals surface area contributed by atoms with E-state index in [-0.39, 0.29) is 17.9 Å². The van der Waals surface area contributed by atoms with Crippen LogP contribution in [-0.2, 0) is 24.0 Å². The molecule has 6 heteroatoms. The number of pyridine rings is 1. The number of hydrogen-bond donors (Lipinski definition) is 2. The molecule has 24 heavy (non-hydrogen) atoms. The zero-order chi connectivity index (χ0) is 16.4. The predicted octanol–water partition coefficient (Wildman–Crippen LogP) is 1.67. The van der Waals surface area contributed by atoms with E-state index in [9.17, 15) is 4.79 Å². The van der Waals surface area contributed by atoms with Crippen LogP contribution in [0, 0.1) is 5.92 Å². The maximum absolute atomic E-state index is 12.7. The quantitative estimate of drug-likeness (QED) is 0.896. The Hall–Kier alpha value is -2.21. The van der Waals surface area contributed by atoms with Gasteiger partial charge in [-0.25, -0.2) is 0 Å². The van der Waals surface area contributed by atoms with Gasteiger partial charge in [0.2, 0.25) is 0 Å². The second kappa shape index (κ2) is 6.73. The lowest BCUT2D eigenvalue weighted by atomic mass is 9.94. The van der Waals surface area contributed by atoms with Gasteiger partial charge in [-0.1, -0.05) is 0 Å². The summed E-state index contributed by atoms with van der Waals surface area (Å²) in [6, 6.07) is 4.06. The van der Waals surface area contributed by atoms with Crippen molar-refractivity contribution in [1.82, 2.24) is 20.5 Å². The van der Waals surface area contributed by atoms with E-state index in [0.717, 1.165) is 36.9 Å². The Labute approximate surface area is 141 Å². The Balaban J connectivity index is 1.44. The number of carbonyl (C=O) groups is 1. The van der Waals surface area contributed by atoms with E-state index in [0.29, 0.717) is 18.9 Å². The molecule has 126 valence electrons. The molecule has 2 aromatic rings. The number of H-pyrrole nitrogens is 1. The number of ether oxygens (including phenoxy) is 1. The zero-order valence-corrected chi connectivity index (χ0v) is 13.6. The highest BCUT2D eigenvalue weighted by atomic mass is 16.5. The third-order valence-corrected chi connectivity index (χ3v) is 5.03. The summed E-state index contributed by atoms with van der Waals surface area (Å²) in [5.74, 6) is 0.204. The van der Waals surface area contributed by atoms with Crippen LogP contribution in [0.4, 0.5) is 0 Å². The number of fused-ring (bicyclic) bond motifs is 1. The normalized spacial score (nSPS) is 23.0. The lowest BCUT2D eigenvalue weighted by Gasteiger charge is -2.19. The van der Waals surface area contributed by atoms with Gasteiger partial charge in [0.25, 0.3) is 5.91 Å². The molecular weight excluding hydrogens is 304 g/mol. The van der Waals surface area contributed by atoms with Crippen molar-refractivity contribution in [2.24, 2.45) is 5.92 Å². The summed E-state index contributed by atoms with van der Waals surface area (Å²) in [4.78, 5) is 16.7. The Morgan fingerprint density at radius 3 is 2.96 bits per heavy atom. The van der Waals surface area contributed by atoms with Gasteiger partial charge in [0.05, 0.1) is 19.3 Å². The summed E-state index contributed by atoms with van der Waals surface area (Å²) in [7, 11) is 0. The molecule has 1 amide bonds. The molecule has 0 spiro atoms. The standard InChI is InChI=1S/C18H22N4O2/c23-18(17-14-3-1-2-4-15(14)21-22-17)20-16-11-24-10-13(16)9-12-5-7-19-8-6-12/h5-8,13,16H,1-4,9-11H2,(H,20,23)(H,21,22)/t13-,16-/m1/s1. The van der Waals surface area contributed by atoms with E-state index in [4.69, 9.17) is 4.74 Å². The van der Waals surface area contributed by atoms with Crippen LogP contribution >= 0.6 is 0 Å². The molecule has 1 aliphatic carbocycles. The molecule has 3 heterocycles. The molecule has 1 aliphatic heterocycles. The number of aromatic nitrogens is 3. The molecule has 0 bridgehead atoms. The number of nitrogens with zero attached hydrogens (tertiary/aromatic N) is 2. The van der Waals surface area contributed by atoms with Gasteiger partial charge in [-0.2, -0.15) is 5.10 Å². The van der Waals surface area contributed by atoms with Crippen LogP contribution in [-0.4, -0.2) is 40.3 Å². The Morgan fingerprint density at radius 2 is 2.08 bits per heavy atom. The first-order valence-corrected chi connectivity index (χ1v) is 8.65. The molecule has 4 rings (SSSR count). The SMILES string of the molecule is O=C(N[C@@H]1COC[C@H]1Cc1ccncc1)c1n[nH]c2c1CCCC2. The molecule has 2 atom stereocenters. The molecule has 0 radical (unpaired) electrons. The highest BCUT2D eigenvalue weighted by Crippen LogP contribution is 2.23. The maximum atomic E-state index is 12.7. The van der Waals surface area contributed by atoms with Crippen molar-refractivity contribution in [2.75, 3.05) is 13.2 Å². The third kappa shape index (κ3) is 3.06. The van der Waals surface area contributed by atoms with Crippen molar-refractivity contribution in [3.8, 4) is 0 Å². The van der Waals surface area contributed by atoms with Gasteiger partial charge in [-0.05, 0) is 49.8 Å². The van der Waals surface area contributed by atoms with Gasteiger partial charge < -0.3 is 10.1 Å². The second-order valence-corrected chi connectivity index (χ2v) is 6.67. The Kier molecular flexibility index (Phi) is 4.30. The minimum atomic E-state index is -0.0790.